The van der Waals surface area contributed by atoms with E-state index in [-0.39, 0.29) is 20.5 Å². The molecule has 0 aliphatic carbocycles. The molecule has 0 aliphatic rings. The molecule has 0 unspecified atom stereocenters. The molecule has 0 heterocycles. The van der Waals surface area contributed by atoms with Crippen molar-refractivity contribution in [2.45, 2.75) is 9.79 Å². The van der Waals surface area contributed by atoms with Crippen molar-refractivity contribution in [3.8, 4) is 0 Å². The summed E-state index contributed by atoms with van der Waals surface area (Å²) in [4.78, 5) is -0.336. The van der Waals surface area contributed by atoms with Crippen molar-refractivity contribution in [3.63, 3.8) is 0 Å². The minimum atomic E-state index is -4.22. The van der Waals surface area contributed by atoms with Gasteiger partial charge in [-0.05, 0) is 54.6 Å². The Morgan fingerprint density at radius 2 is 1.38 bits per heavy atom. The molecule has 2 N–H and O–H groups in total. The number of anilines is 2. The molecule has 0 fully saturated rings. The fourth-order valence-electron chi connectivity index (χ4n) is 2.33. The summed E-state index contributed by atoms with van der Waals surface area (Å²) in [7, 11) is -8.16. The number of sulfonamides is 2. The molecule has 29 heavy (non-hydrogen) atoms. The van der Waals surface area contributed by atoms with Crippen LogP contribution in [0.25, 0.3) is 0 Å². The Hall–Kier alpha value is -2.69. The first-order valence-electron chi connectivity index (χ1n) is 7.93. The SMILES string of the molecule is O=S(=O)(Nc1ccc(S(=O)(=O)Nc2cc(F)ccc2F)cc1)c1cccc(Cl)c1. The summed E-state index contributed by atoms with van der Waals surface area (Å²) in [6.07, 6.45) is 0. The first-order valence-corrected chi connectivity index (χ1v) is 11.3. The van der Waals surface area contributed by atoms with E-state index in [0.717, 1.165) is 24.3 Å². The maximum absolute atomic E-state index is 13.7. The summed E-state index contributed by atoms with van der Waals surface area (Å²) >= 11 is 5.80. The molecule has 0 atom stereocenters. The molecule has 0 spiro atoms. The highest BCUT2D eigenvalue weighted by molar-refractivity contribution is 7.93. The number of benzene rings is 3. The smallest absolute Gasteiger partial charge is 0.261 e. The lowest BCUT2D eigenvalue weighted by atomic mass is 10.3. The van der Waals surface area contributed by atoms with E-state index in [1.54, 1.807) is 0 Å². The average molecular weight is 459 g/mol. The van der Waals surface area contributed by atoms with E-state index in [1.165, 1.54) is 36.4 Å². The predicted molar refractivity (Wildman–Crippen MR) is 106 cm³/mol. The maximum atomic E-state index is 13.7. The second kappa shape index (κ2) is 7.97. The molecular formula is C18H13ClF2N2O4S2. The molecule has 6 nitrogen and oxygen atoms in total. The lowest BCUT2D eigenvalue weighted by Gasteiger charge is -2.11. The standard InChI is InChI=1S/C18H13ClF2N2O4S2/c19-12-2-1-3-16(10-12)29(26,27)22-14-5-7-15(8-6-14)28(24,25)23-18-11-13(20)4-9-17(18)21/h1-11,22-23H. The van der Waals surface area contributed by atoms with Crippen LogP contribution in [0.5, 0.6) is 0 Å². The number of halogens is 3. The van der Waals surface area contributed by atoms with Gasteiger partial charge in [-0.2, -0.15) is 0 Å². The van der Waals surface area contributed by atoms with Crippen molar-refractivity contribution in [1.29, 1.82) is 0 Å². The molecule has 0 saturated heterocycles. The second-order valence-corrected chi connectivity index (χ2v) is 9.62. The van der Waals surface area contributed by atoms with Gasteiger partial charge in [0.25, 0.3) is 20.0 Å². The third-order valence-electron chi connectivity index (χ3n) is 3.70. The van der Waals surface area contributed by atoms with Crippen LogP contribution in [0.1, 0.15) is 0 Å². The van der Waals surface area contributed by atoms with E-state index in [1.807, 2.05) is 4.72 Å². The van der Waals surface area contributed by atoms with Crippen LogP contribution in [-0.4, -0.2) is 16.8 Å². The third kappa shape index (κ3) is 5.03. The fraction of sp³-hybridized carbons (Fsp3) is 0. The number of nitrogens with one attached hydrogen (secondary N) is 2. The second-order valence-electron chi connectivity index (χ2n) is 5.82. The van der Waals surface area contributed by atoms with Crippen molar-refractivity contribution in [2.75, 3.05) is 9.44 Å². The highest BCUT2D eigenvalue weighted by Crippen LogP contribution is 2.23. The number of hydrogen-bond acceptors (Lipinski definition) is 4. The van der Waals surface area contributed by atoms with E-state index in [4.69, 9.17) is 11.6 Å². The summed E-state index contributed by atoms with van der Waals surface area (Å²) < 4.78 is 80.6. The summed E-state index contributed by atoms with van der Waals surface area (Å²) in [6, 6.07) is 12.7. The molecule has 0 aromatic heterocycles. The third-order valence-corrected chi connectivity index (χ3v) is 6.69. The average Bonchev–Trinajstić information content (AvgIpc) is 2.65. The van der Waals surface area contributed by atoms with Crippen molar-refractivity contribution < 1.29 is 25.6 Å². The lowest BCUT2D eigenvalue weighted by molar-refractivity contribution is 0.594. The zero-order chi connectivity index (χ0) is 21.2. The zero-order valence-corrected chi connectivity index (χ0v) is 16.8. The van der Waals surface area contributed by atoms with Crippen LogP contribution >= 0.6 is 11.6 Å². The predicted octanol–water partition coefficient (Wildman–Crippen LogP) is 4.22. The Labute approximate surface area is 171 Å². The molecule has 3 aromatic carbocycles. The van der Waals surface area contributed by atoms with Crippen LogP contribution in [-0.2, 0) is 20.0 Å². The maximum Gasteiger partial charge on any atom is 0.261 e. The van der Waals surface area contributed by atoms with Crippen LogP contribution in [0.2, 0.25) is 5.02 Å². The molecule has 0 radical (unpaired) electrons. The van der Waals surface area contributed by atoms with E-state index < -0.39 is 37.4 Å². The monoisotopic (exact) mass is 458 g/mol. The van der Waals surface area contributed by atoms with Gasteiger partial charge in [0, 0.05) is 16.8 Å². The van der Waals surface area contributed by atoms with Gasteiger partial charge in [0.05, 0.1) is 15.5 Å². The molecule has 0 bridgehead atoms. The lowest BCUT2D eigenvalue weighted by Crippen LogP contribution is -2.15. The van der Waals surface area contributed by atoms with Crippen LogP contribution in [0.3, 0.4) is 0 Å². The molecular weight excluding hydrogens is 446 g/mol. The van der Waals surface area contributed by atoms with Crippen LogP contribution in [0.15, 0.2) is 76.5 Å². The van der Waals surface area contributed by atoms with Gasteiger partial charge in [-0.25, -0.2) is 25.6 Å². The normalized spacial score (nSPS) is 11.8. The Balaban J connectivity index is 1.81. The summed E-state index contributed by atoms with van der Waals surface area (Å²) in [6.45, 7) is 0. The number of rotatable bonds is 6. The molecule has 11 heteroatoms. The van der Waals surface area contributed by atoms with Gasteiger partial charge in [-0.3, -0.25) is 9.44 Å². The van der Waals surface area contributed by atoms with Gasteiger partial charge in [-0.1, -0.05) is 17.7 Å². The summed E-state index contributed by atoms with van der Waals surface area (Å²) in [5.41, 5.74) is -0.448. The van der Waals surface area contributed by atoms with Gasteiger partial charge < -0.3 is 0 Å². The molecule has 0 aliphatic heterocycles. The quantitative estimate of drug-likeness (QED) is 0.578. The molecule has 152 valence electrons. The molecule has 3 aromatic rings. The summed E-state index contributed by atoms with van der Waals surface area (Å²) in [5.74, 6) is -1.75. The van der Waals surface area contributed by atoms with Gasteiger partial charge >= 0.3 is 0 Å². The molecule has 0 saturated carbocycles. The van der Waals surface area contributed by atoms with Gasteiger partial charge in [-0.15, -0.1) is 0 Å². The Morgan fingerprint density at radius 1 is 0.724 bits per heavy atom. The van der Waals surface area contributed by atoms with Gasteiger partial charge in [0.2, 0.25) is 0 Å². The topological polar surface area (TPSA) is 92.3 Å². The highest BCUT2D eigenvalue weighted by Gasteiger charge is 2.18. The highest BCUT2D eigenvalue weighted by atomic mass is 35.5. The molecule has 0 amide bonds. The van der Waals surface area contributed by atoms with E-state index in [2.05, 4.69) is 4.72 Å². The van der Waals surface area contributed by atoms with Crippen LogP contribution in [0, 0.1) is 11.6 Å². The van der Waals surface area contributed by atoms with E-state index >= 15 is 0 Å². The molecule has 3 rings (SSSR count). The van der Waals surface area contributed by atoms with E-state index in [9.17, 15) is 25.6 Å². The summed E-state index contributed by atoms with van der Waals surface area (Å²) in [5, 5.41) is 0.241. The fourth-order valence-corrected chi connectivity index (χ4v) is 4.75. The van der Waals surface area contributed by atoms with Crippen molar-refractivity contribution in [2.24, 2.45) is 0 Å². The Kier molecular flexibility index (Phi) is 5.78. The van der Waals surface area contributed by atoms with Crippen molar-refractivity contribution in [1.82, 2.24) is 0 Å². The largest absolute Gasteiger partial charge is 0.280 e. The van der Waals surface area contributed by atoms with Crippen molar-refractivity contribution >= 4 is 43.0 Å². The first kappa shape index (κ1) is 21.0. The van der Waals surface area contributed by atoms with Gasteiger partial charge in [0.15, 0.2) is 0 Å². The minimum Gasteiger partial charge on any atom is -0.280 e. The number of hydrogen-bond donors (Lipinski definition) is 2. The Bertz CT molecular complexity index is 1270. The van der Waals surface area contributed by atoms with Gasteiger partial charge in [0.1, 0.15) is 11.6 Å². The zero-order valence-electron chi connectivity index (χ0n) is 14.4. The first-order chi connectivity index (χ1) is 13.6. The van der Waals surface area contributed by atoms with Crippen molar-refractivity contribution in [3.05, 3.63) is 83.4 Å². The van der Waals surface area contributed by atoms with Crippen LogP contribution in [0.4, 0.5) is 20.2 Å². The minimum absolute atomic E-state index is 0.0649. The van der Waals surface area contributed by atoms with E-state index in [0.29, 0.717) is 6.07 Å². The Morgan fingerprint density at radius 3 is 2.03 bits per heavy atom. The van der Waals surface area contributed by atoms with Crippen LogP contribution < -0.4 is 9.44 Å².